The predicted molar refractivity (Wildman–Crippen MR) is 147 cm³/mol. The molecule has 0 radical (unpaired) electrons. The molecule has 0 aliphatic heterocycles. The Labute approximate surface area is 208 Å². The van der Waals surface area contributed by atoms with Gasteiger partial charge in [-0.25, -0.2) is 9.13 Å². The Kier molecular flexibility index (Phi) is 21.1. The predicted octanol–water partition coefficient (Wildman–Crippen LogP) is 9.96. The SMILES string of the molecule is CCCCCCCCCCCCCCn1cc[n+](CCCCC)c1CCCCCCCCC. The molecule has 194 valence electrons. The third-order valence-electron chi connectivity index (χ3n) is 7.35. The molecule has 0 fully saturated rings. The number of rotatable bonds is 25. The van der Waals surface area contributed by atoms with E-state index >= 15 is 0 Å². The summed E-state index contributed by atoms with van der Waals surface area (Å²) in [5, 5.41) is 0. The van der Waals surface area contributed by atoms with Crippen molar-refractivity contribution in [2.24, 2.45) is 0 Å². The van der Waals surface area contributed by atoms with Crippen molar-refractivity contribution in [1.29, 1.82) is 0 Å². The molecule has 0 spiro atoms. The van der Waals surface area contributed by atoms with Gasteiger partial charge < -0.3 is 0 Å². The van der Waals surface area contributed by atoms with E-state index in [4.69, 9.17) is 0 Å². The molecule has 0 saturated carbocycles. The van der Waals surface area contributed by atoms with Crippen LogP contribution in [-0.4, -0.2) is 4.57 Å². The maximum Gasteiger partial charge on any atom is 0.256 e. The number of unbranched alkanes of at least 4 members (excludes halogenated alkanes) is 19. The van der Waals surface area contributed by atoms with Crippen molar-refractivity contribution in [2.45, 2.75) is 182 Å². The van der Waals surface area contributed by atoms with Crippen molar-refractivity contribution in [1.82, 2.24) is 4.57 Å². The molecule has 0 atom stereocenters. The number of hydrogen-bond donors (Lipinski definition) is 0. The van der Waals surface area contributed by atoms with Crippen molar-refractivity contribution in [3.63, 3.8) is 0 Å². The Bertz CT molecular complexity index is 519. The van der Waals surface area contributed by atoms with E-state index in [1.165, 1.54) is 161 Å². The minimum atomic E-state index is 1.21. The van der Waals surface area contributed by atoms with E-state index in [0.29, 0.717) is 0 Å². The first-order chi connectivity index (χ1) is 16.3. The number of hydrogen-bond acceptors (Lipinski definition) is 0. The Morgan fingerprint density at radius 2 is 0.939 bits per heavy atom. The van der Waals surface area contributed by atoms with Crippen LogP contribution in [0, 0.1) is 0 Å². The first-order valence-corrected chi connectivity index (χ1v) is 15.4. The Morgan fingerprint density at radius 1 is 0.515 bits per heavy atom. The maximum absolute atomic E-state index is 2.60. The molecule has 0 aromatic carbocycles. The van der Waals surface area contributed by atoms with Crippen LogP contribution in [0.15, 0.2) is 12.4 Å². The molecular formula is C31H61N2+. The summed E-state index contributed by atoms with van der Waals surface area (Å²) in [6.45, 7) is 9.36. The van der Waals surface area contributed by atoms with E-state index in [1.54, 1.807) is 5.82 Å². The summed E-state index contributed by atoms with van der Waals surface area (Å²) in [7, 11) is 0. The zero-order valence-electron chi connectivity index (χ0n) is 23.2. The smallest absolute Gasteiger partial charge is 0.234 e. The molecule has 2 heteroatoms. The quantitative estimate of drug-likeness (QED) is 0.101. The average Bonchev–Trinajstić information content (AvgIpc) is 3.20. The third kappa shape index (κ3) is 16.5. The van der Waals surface area contributed by atoms with Gasteiger partial charge in [0.05, 0.1) is 13.1 Å². The number of aryl methyl sites for hydroxylation is 2. The third-order valence-corrected chi connectivity index (χ3v) is 7.35. The first-order valence-electron chi connectivity index (χ1n) is 15.4. The van der Waals surface area contributed by atoms with Crippen molar-refractivity contribution in [2.75, 3.05) is 0 Å². The van der Waals surface area contributed by atoms with Crippen LogP contribution in [0.4, 0.5) is 0 Å². The summed E-state index contributed by atoms with van der Waals surface area (Å²) < 4.78 is 5.17. The summed E-state index contributed by atoms with van der Waals surface area (Å²) >= 11 is 0. The lowest BCUT2D eigenvalue weighted by molar-refractivity contribution is -0.704. The fraction of sp³-hybridized carbons (Fsp3) is 0.903. The van der Waals surface area contributed by atoms with Gasteiger partial charge in [0.1, 0.15) is 12.4 Å². The summed E-state index contributed by atoms with van der Waals surface area (Å²) in [5.41, 5.74) is 0. The molecule has 2 nitrogen and oxygen atoms in total. The first kappa shape index (κ1) is 30.2. The van der Waals surface area contributed by atoms with E-state index in [0.717, 1.165) is 0 Å². The second kappa shape index (κ2) is 23.0. The standard InChI is InChI=1S/C31H61N2/c1-4-7-10-12-14-15-16-17-18-20-22-25-28-33-30-29-32(27-24-9-6-3)31(33)26-23-21-19-13-11-8-5-2/h29-30H,4-28H2,1-3H3/q+1. The molecule has 0 aliphatic rings. The fourth-order valence-corrected chi connectivity index (χ4v) is 5.09. The van der Waals surface area contributed by atoms with Gasteiger partial charge in [-0.15, -0.1) is 0 Å². The molecule has 33 heavy (non-hydrogen) atoms. The van der Waals surface area contributed by atoms with Gasteiger partial charge in [-0.05, 0) is 32.1 Å². The van der Waals surface area contributed by atoms with Crippen molar-refractivity contribution in [3.05, 3.63) is 18.2 Å². The van der Waals surface area contributed by atoms with Crippen LogP contribution in [0.2, 0.25) is 0 Å². The van der Waals surface area contributed by atoms with Crippen LogP contribution in [-0.2, 0) is 19.5 Å². The molecule has 1 aromatic rings. The molecule has 1 aromatic heterocycles. The van der Waals surface area contributed by atoms with Crippen LogP contribution in [0.25, 0.3) is 0 Å². The van der Waals surface area contributed by atoms with Crippen LogP contribution < -0.4 is 4.57 Å². The van der Waals surface area contributed by atoms with Crippen LogP contribution in [0.1, 0.15) is 168 Å². The highest BCUT2D eigenvalue weighted by molar-refractivity contribution is 4.84. The Hall–Kier alpha value is -0.790. The van der Waals surface area contributed by atoms with E-state index < -0.39 is 0 Å². The van der Waals surface area contributed by atoms with Gasteiger partial charge in [0.25, 0.3) is 5.82 Å². The highest BCUT2D eigenvalue weighted by Gasteiger charge is 2.16. The van der Waals surface area contributed by atoms with Gasteiger partial charge in [0, 0.05) is 6.42 Å². The minimum absolute atomic E-state index is 1.21. The second-order valence-electron chi connectivity index (χ2n) is 10.6. The molecule has 0 aliphatic carbocycles. The zero-order chi connectivity index (χ0) is 23.8. The summed E-state index contributed by atoms with van der Waals surface area (Å²) in [5.74, 6) is 1.60. The molecular weight excluding hydrogens is 400 g/mol. The van der Waals surface area contributed by atoms with E-state index in [-0.39, 0.29) is 0 Å². The highest BCUT2D eigenvalue weighted by Crippen LogP contribution is 2.14. The van der Waals surface area contributed by atoms with Gasteiger partial charge in [0.15, 0.2) is 0 Å². The molecule has 0 unspecified atom stereocenters. The van der Waals surface area contributed by atoms with Gasteiger partial charge in [-0.3, -0.25) is 0 Å². The van der Waals surface area contributed by atoms with E-state index in [2.05, 4.69) is 42.3 Å². The molecule has 0 bridgehead atoms. The second-order valence-corrected chi connectivity index (χ2v) is 10.6. The topological polar surface area (TPSA) is 8.81 Å². The molecule has 0 saturated heterocycles. The number of imidazole rings is 1. The number of nitrogens with zero attached hydrogens (tertiary/aromatic N) is 2. The fourth-order valence-electron chi connectivity index (χ4n) is 5.09. The molecule has 1 rings (SSSR count). The Morgan fingerprint density at radius 3 is 1.45 bits per heavy atom. The van der Waals surface area contributed by atoms with Crippen LogP contribution in [0.3, 0.4) is 0 Å². The molecule has 0 N–H and O–H groups in total. The highest BCUT2D eigenvalue weighted by atomic mass is 15.1. The lowest BCUT2D eigenvalue weighted by Gasteiger charge is -2.07. The normalized spacial score (nSPS) is 11.5. The van der Waals surface area contributed by atoms with E-state index in [9.17, 15) is 0 Å². The minimum Gasteiger partial charge on any atom is -0.234 e. The van der Waals surface area contributed by atoms with Crippen molar-refractivity contribution in [3.8, 4) is 0 Å². The van der Waals surface area contributed by atoms with Crippen molar-refractivity contribution < 1.29 is 4.57 Å². The average molecular weight is 462 g/mol. The van der Waals surface area contributed by atoms with Gasteiger partial charge in [-0.2, -0.15) is 0 Å². The monoisotopic (exact) mass is 461 g/mol. The van der Waals surface area contributed by atoms with E-state index in [1.807, 2.05) is 0 Å². The van der Waals surface area contributed by atoms with Crippen molar-refractivity contribution >= 4 is 0 Å². The summed E-state index contributed by atoms with van der Waals surface area (Å²) in [6.07, 6.45) is 37.0. The van der Waals surface area contributed by atoms with Gasteiger partial charge in [0.2, 0.25) is 0 Å². The molecule has 0 amide bonds. The lowest BCUT2D eigenvalue weighted by atomic mass is 10.1. The van der Waals surface area contributed by atoms with Gasteiger partial charge in [-0.1, -0.05) is 130 Å². The van der Waals surface area contributed by atoms with Crippen LogP contribution >= 0.6 is 0 Å². The largest absolute Gasteiger partial charge is 0.256 e. The maximum atomic E-state index is 2.60. The zero-order valence-corrected chi connectivity index (χ0v) is 23.2. The lowest BCUT2D eigenvalue weighted by Crippen LogP contribution is -2.37. The summed E-state index contributed by atoms with van der Waals surface area (Å²) in [6, 6.07) is 0. The van der Waals surface area contributed by atoms with Gasteiger partial charge >= 0.3 is 0 Å². The number of aromatic nitrogens is 2. The Balaban J connectivity index is 2.23. The molecule has 1 heterocycles. The van der Waals surface area contributed by atoms with Crippen LogP contribution in [0.5, 0.6) is 0 Å². The summed E-state index contributed by atoms with van der Waals surface area (Å²) in [4.78, 5) is 0.